The molecule has 0 aliphatic heterocycles. The number of carbonyl (C=O) groups is 1. The topological polar surface area (TPSA) is 123 Å². The van der Waals surface area contributed by atoms with Crippen molar-refractivity contribution in [1.29, 1.82) is 0 Å². The van der Waals surface area contributed by atoms with Gasteiger partial charge in [-0.2, -0.15) is 0 Å². The fourth-order valence-electron chi connectivity index (χ4n) is 2.96. The smallest absolute Gasteiger partial charge is 0.330 e. The Labute approximate surface area is 173 Å². The van der Waals surface area contributed by atoms with Gasteiger partial charge in [-0.1, -0.05) is 20.8 Å². The SMILES string of the molecule is CCc1nc(CC(=O)N(CCCOC)c2c(N)n(CC(C)C)c(=O)[nH]c2=O)cs1. The van der Waals surface area contributed by atoms with Crippen LogP contribution in [0.15, 0.2) is 15.0 Å². The summed E-state index contributed by atoms with van der Waals surface area (Å²) < 4.78 is 6.38. The Morgan fingerprint density at radius 3 is 2.72 bits per heavy atom. The monoisotopic (exact) mass is 423 g/mol. The Morgan fingerprint density at radius 1 is 1.41 bits per heavy atom. The molecule has 0 saturated carbocycles. The van der Waals surface area contributed by atoms with Crippen molar-refractivity contribution in [3.63, 3.8) is 0 Å². The van der Waals surface area contributed by atoms with Gasteiger partial charge in [0.25, 0.3) is 5.56 Å². The molecule has 0 atom stereocenters. The van der Waals surface area contributed by atoms with E-state index in [1.54, 1.807) is 7.11 Å². The lowest BCUT2D eigenvalue weighted by molar-refractivity contribution is -0.118. The van der Waals surface area contributed by atoms with E-state index in [-0.39, 0.29) is 36.3 Å². The number of amides is 1. The second-order valence-electron chi connectivity index (χ2n) is 7.15. The number of methoxy groups -OCH3 is 1. The van der Waals surface area contributed by atoms with Gasteiger partial charge in [-0.15, -0.1) is 11.3 Å². The van der Waals surface area contributed by atoms with Crippen molar-refractivity contribution in [1.82, 2.24) is 14.5 Å². The molecule has 0 aromatic carbocycles. The van der Waals surface area contributed by atoms with E-state index in [4.69, 9.17) is 10.5 Å². The van der Waals surface area contributed by atoms with Crippen LogP contribution in [0.25, 0.3) is 0 Å². The van der Waals surface area contributed by atoms with Crippen LogP contribution in [0, 0.1) is 5.92 Å². The zero-order valence-electron chi connectivity index (χ0n) is 17.4. The standard InChI is InChI=1S/C19H29N5O4S/c1-5-14-21-13(11-29-14)9-15(25)23(7-6-8-28-4)16-17(20)24(10-12(2)3)19(27)22-18(16)26/h11-12H,5-10,20H2,1-4H3,(H,22,26,27). The highest BCUT2D eigenvalue weighted by Crippen LogP contribution is 2.20. The summed E-state index contributed by atoms with van der Waals surface area (Å²) in [7, 11) is 1.57. The van der Waals surface area contributed by atoms with E-state index in [1.807, 2.05) is 26.2 Å². The molecule has 0 aliphatic carbocycles. The molecule has 2 heterocycles. The minimum Gasteiger partial charge on any atom is -0.385 e. The van der Waals surface area contributed by atoms with Crippen molar-refractivity contribution < 1.29 is 9.53 Å². The number of nitrogens with zero attached hydrogens (tertiary/aromatic N) is 3. The van der Waals surface area contributed by atoms with E-state index < -0.39 is 11.2 Å². The number of nitrogens with one attached hydrogen (secondary N) is 1. The van der Waals surface area contributed by atoms with Gasteiger partial charge in [-0.05, 0) is 18.8 Å². The predicted octanol–water partition coefficient (Wildman–Crippen LogP) is 1.41. The number of nitrogens with two attached hydrogens (primary N) is 1. The van der Waals surface area contributed by atoms with Gasteiger partial charge in [0.05, 0.1) is 17.1 Å². The van der Waals surface area contributed by atoms with Crippen molar-refractivity contribution in [2.75, 3.05) is 30.9 Å². The molecule has 2 rings (SSSR count). The molecule has 1 amide bonds. The van der Waals surface area contributed by atoms with Crippen molar-refractivity contribution in [2.45, 2.75) is 46.6 Å². The molecular formula is C19H29N5O4S. The molecule has 9 nitrogen and oxygen atoms in total. The summed E-state index contributed by atoms with van der Waals surface area (Å²) in [5.41, 5.74) is 5.59. The number of thiazole rings is 1. The minimum atomic E-state index is -0.675. The van der Waals surface area contributed by atoms with Crippen LogP contribution >= 0.6 is 11.3 Å². The first-order valence-electron chi connectivity index (χ1n) is 9.63. The number of aromatic nitrogens is 3. The molecule has 0 aliphatic rings. The fraction of sp³-hybridized carbons (Fsp3) is 0.579. The minimum absolute atomic E-state index is 0.00250. The van der Waals surface area contributed by atoms with Crippen LogP contribution in [0.5, 0.6) is 0 Å². The molecule has 2 aromatic heterocycles. The highest BCUT2D eigenvalue weighted by atomic mass is 32.1. The van der Waals surface area contributed by atoms with Gasteiger partial charge < -0.3 is 15.4 Å². The summed E-state index contributed by atoms with van der Waals surface area (Å²) in [6, 6.07) is 0. The molecule has 0 spiro atoms. The zero-order chi connectivity index (χ0) is 21.6. The molecule has 0 bridgehead atoms. The lowest BCUT2D eigenvalue weighted by Crippen LogP contribution is -2.42. The number of carbonyl (C=O) groups excluding carboxylic acids is 1. The summed E-state index contributed by atoms with van der Waals surface area (Å²) in [5.74, 6) is -0.180. The summed E-state index contributed by atoms with van der Waals surface area (Å²) >= 11 is 1.50. The van der Waals surface area contributed by atoms with Gasteiger partial charge in [0.15, 0.2) is 5.69 Å². The van der Waals surface area contributed by atoms with Crippen LogP contribution in [0.3, 0.4) is 0 Å². The second-order valence-corrected chi connectivity index (χ2v) is 8.09. The molecule has 160 valence electrons. The number of hydrogen-bond donors (Lipinski definition) is 2. The van der Waals surface area contributed by atoms with Gasteiger partial charge >= 0.3 is 5.69 Å². The van der Waals surface area contributed by atoms with E-state index in [0.717, 1.165) is 11.4 Å². The molecule has 0 unspecified atom stereocenters. The third kappa shape index (κ3) is 5.77. The van der Waals surface area contributed by atoms with Crippen molar-refractivity contribution in [3.05, 3.63) is 36.9 Å². The van der Waals surface area contributed by atoms with Crippen LogP contribution < -0.4 is 21.9 Å². The third-order valence-corrected chi connectivity index (χ3v) is 5.34. The van der Waals surface area contributed by atoms with Gasteiger partial charge in [0.1, 0.15) is 5.82 Å². The zero-order valence-corrected chi connectivity index (χ0v) is 18.2. The Morgan fingerprint density at radius 2 is 2.14 bits per heavy atom. The largest absolute Gasteiger partial charge is 0.385 e. The van der Waals surface area contributed by atoms with E-state index in [1.165, 1.54) is 20.8 Å². The van der Waals surface area contributed by atoms with Crippen molar-refractivity contribution >= 4 is 28.7 Å². The lowest BCUT2D eigenvalue weighted by atomic mass is 10.2. The lowest BCUT2D eigenvalue weighted by Gasteiger charge is -2.24. The maximum Gasteiger partial charge on any atom is 0.330 e. The summed E-state index contributed by atoms with van der Waals surface area (Å²) in [6.45, 7) is 6.87. The number of rotatable bonds is 10. The average molecular weight is 424 g/mol. The first kappa shape index (κ1) is 22.8. The Hall–Kier alpha value is -2.46. The molecule has 3 N–H and O–H groups in total. The van der Waals surface area contributed by atoms with Crippen LogP contribution in [0.2, 0.25) is 0 Å². The number of aromatic amines is 1. The van der Waals surface area contributed by atoms with Gasteiger partial charge in [0.2, 0.25) is 5.91 Å². The Kier molecular flexibility index (Phi) is 8.15. The molecular weight excluding hydrogens is 394 g/mol. The number of aryl methyl sites for hydroxylation is 1. The van der Waals surface area contributed by atoms with E-state index in [2.05, 4.69) is 9.97 Å². The first-order valence-corrected chi connectivity index (χ1v) is 10.5. The van der Waals surface area contributed by atoms with Crippen LogP contribution in [-0.4, -0.2) is 40.7 Å². The summed E-state index contributed by atoms with van der Waals surface area (Å²) in [4.78, 5) is 46.0. The van der Waals surface area contributed by atoms with Crippen LogP contribution in [0.4, 0.5) is 11.5 Å². The van der Waals surface area contributed by atoms with Gasteiger partial charge in [-0.25, -0.2) is 9.78 Å². The summed E-state index contributed by atoms with van der Waals surface area (Å²) in [5, 5.41) is 2.79. The number of hydrogen-bond acceptors (Lipinski definition) is 7. The number of H-pyrrole nitrogens is 1. The maximum absolute atomic E-state index is 13.1. The average Bonchev–Trinajstić information content (AvgIpc) is 3.11. The highest BCUT2D eigenvalue weighted by Gasteiger charge is 2.25. The van der Waals surface area contributed by atoms with E-state index in [9.17, 15) is 14.4 Å². The molecule has 0 saturated heterocycles. The molecule has 29 heavy (non-hydrogen) atoms. The van der Waals surface area contributed by atoms with Crippen molar-refractivity contribution in [2.24, 2.45) is 5.92 Å². The Balaban J connectivity index is 2.44. The normalized spacial score (nSPS) is 11.2. The van der Waals surface area contributed by atoms with Crippen molar-refractivity contribution in [3.8, 4) is 0 Å². The van der Waals surface area contributed by atoms with Gasteiger partial charge in [-0.3, -0.25) is 19.1 Å². The molecule has 0 fully saturated rings. The number of ether oxygens (including phenoxy) is 1. The van der Waals surface area contributed by atoms with E-state index >= 15 is 0 Å². The Bertz CT molecular complexity index is 947. The third-order valence-electron chi connectivity index (χ3n) is 4.30. The molecule has 2 aromatic rings. The molecule has 10 heteroatoms. The maximum atomic E-state index is 13.1. The molecule has 0 radical (unpaired) electrons. The second kappa shape index (κ2) is 10.4. The number of anilines is 2. The van der Waals surface area contributed by atoms with Gasteiger partial charge in [0, 0.05) is 32.2 Å². The number of nitrogen functional groups attached to an aromatic ring is 1. The summed E-state index contributed by atoms with van der Waals surface area (Å²) in [6.07, 6.45) is 1.36. The van der Waals surface area contributed by atoms with Crippen LogP contribution in [-0.2, 0) is 28.9 Å². The predicted molar refractivity (Wildman–Crippen MR) is 115 cm³/mol. The highest BCUT2D eigenvalue weighted by molar-refractivity contribution is 7.09. The fourth-order valence-corrected chi connectivity index (χ4v) is 3.70. The van der Waals surface area contributed by atoms with E-state index in [0.29, 0.717) is 25.3 Å². The van der Waals surface area contributed by atoms with Crippen LogP contribution in [0.1, 0.15) is 37.9 Å². The first-order chi connectivity index (χ1) is 13.8. The quantitative estimate of drug-likeness (QED) is 0.557.